The molecular weight excluding hydrogens is 444 g/mol. The number of rotatable bonds is 6. The molecule has 0 unspecified atom stereocenters. The number of primary amides is 1. The van der Waals surface area contributed by atoms with Crippen LogP contribution in [0.4, 0.5) is 5.69 Å². The number of para-hydroxylation sites is 2. The summed E-state index contributed by atoms with van der Waals surface area (Å²) in [5, 5.41) is 0. The molecule has 10 heteroatoms. The smallest absolute Gasteiger partial charge is 0.285 e. The average molecular weight is 471 g/mol. The molecule has 1 fully saturated rings. The first-order valence-electron chi connectivity index (χ1n) is 10.7. The molecule has 1 atom stereocenters. The lowest BCUT2D eigenvalue weighted by Gasteiger charge is -2.36. The molecule has 1 saturated heterocycles. The Morgan fingerprint density at radius 3 is 2.67 bits per heavy atom. The molecule has 2 amide bonds. The normalized spacial score (nSPS) is 18.9. The van der Waals surface area contributed by atoms with E-state index >= 15 is 0 Å². The van der Waals surface area contributed by atoms with E-state index in [1.54, 1.807) is 53.4 Å². The van der Waals surface area contributed by atoms with Crippen molar-refractivity contribution in [2.24, 2.45) is 16.0 Å². The third kappa shape index (κ3) is 4.56. The number of fused-ring (bicyclic) bond motifs is 1. The quantitative estimate of drug-likeness (QED) is 0.687. The minimum absolute atomic E-state index is 0.0125. The highest BCUT2D eigenvalue weighted by atomic mass is 32.2. The van der Waals surface area contributed by atoms with Gasteiger partial charge in [-0.15, -0.1) is 4.40 Å². The zero-order valence-corrected chi connectivity index (χ0v) is 19.1. The van der Waals surface area contributed by atoms with Crippen molar-refractivity contribution < 1.29 is 22.7 Å². The molecule has 9 nitrogen and oxygen atoms in total. The van der Waals surface area contributed by atoms with Gasteiger partial charge in [-0.2, -0.15) is 8.42 Å². The summed E-state index contributed by atoms with van der Waals surface area (Å²) in [5.41, 5.74) is 6.48. The van der Waals surface area contributed by atoms with Crippen molar-refractivity contribution in [1.82, 2.24) is 4.90 Å². The highest BCUT2D eigenvalue weighted by molar-refractivity contribution is 7.90. The van der Waals surface area contributed by atoms with E-state index in [-0.39, 0.29) is 23.8 Å². The van der Waals surface area contributed by atoms with E-state index < -0.39 is 21.8 Å². The molecule has 2 aliphatic rings. The van der Waals surface area contributed by atoms with Gasteiger partial charge in [0.05, 0.1) is 18.7 Å². The highest BCUT2D eigenvalue weighted by Gasteiger charge is 2.36. The van der Waals surface area contributed by atoms with Crippen molar-refractivity contribution in [3.8, 4) is 5.75 Å². The Morgan fingerprint density at radius 2 is 1.91 bits per heavy atom. The van der Waals surface area contributed by atoms with E-state index in [0.29, 0.717) is 48.8 Å². The molecule has 2 aromatic carbocycles. The second kappa shape index (κ2) is 9.22. The van der Waals surface area contributed by atoms with Gasteiger partial charge < -0.3 is 20.3 Å². The van der Waals surface area contributed by atoms with Crippen LogP contribution in [0.5, 0.6) is 5.75 Å². The maximum absolute atomic E-state index is 13.6. The van der Waals surface area contributed by atoms with Gasteiger partial charge in [0, 0.05) is 31.6 Å². The minimum Gasteiger partial charge on any atom is -0.495 e. The summed E-state index contributed by atoms with van der Waals surface area (Å²) in [6, 6.07) is 13.8. The first-order chi connectivity index (χ1) is 15.8. The summed E-state index contributed by atoms with van der Waals surface area (Å²) >= 11 is 0. The largest absolute Gasteiger partial charge is 0.495 e. The number of hydrogen-bond acceptors (Lipinski definition) is 6. The predicted octanol–water partition coefficient (Wildman–Crippen LogP) is 1.76. The second-order valence-electron chi connectivity index (χ2n) is 8.05. The van der Waals surface area contributed by atoms with Crippen LogP contribution in [-0.4, -0.2) is 57.7 Å². The molecule has 0 saturated carbocycles. The Kier molecular flexibility index (Phi) is 6.37. The van der Waals surface area contributed by atoms with Gasteiger partial charge in [-0.3, -0.25) is 9.59 Å². The number of anilines is 1. The number of piperidine rings is 1. The van der Waals surface area contributed by atoms with E-state index in [1.165, 1.54) is 7.11 Å². The number of amides is 2. The molecule has 0 bridgehead atoms. The van der Waals surface area contributed by atoms with Gasteiger partial charge in [0.25, 0.3) is 10.0 Å². The number of methoxy groups -OCH3 is 1. The molecular formula is C23H26N4O5S. The lowest BCUT2D eigenvalue weighted by molar-refractivity contribution is -0.123. The number of carbonyl (C=O) groups excluding carboxylic acids is 2. The van der Waals surface area contributed by atoms with Crippen molar-refractivity contribution in [2.45, 2.75) is 24.2 Å². The molecule has 4 rings (SSSR count). The van der Waals surface area contributed by atoms with Gasteiger partial charge in [0.15, 0.2) is 5.84 Å². The summed E-state index contributed by atoms with van der Waals surface area (Å²) in [4.78, 5) is 28.7. The van der Waals surface area contributed by atoms with Crippen LogP contribution in [0.2, 0.25) is 0 Å². The van der Waals surface area contributed by atoms with Crippen molar-refractivity contribution in [3.63, 3.8) is 0 Å². The van der Waals surface area contributed by atoms with Crippen molar-refractivity contribution in [2.75, 3.05) is 31.6 Å². The first-order valence-corrected chi connectivity index (χ1v) is 12.2. The van der Waals surface area contributed by atoms with Crippen LogP contribution >= 0.6 is 0 Å². The lowest BCUT2D eigenvalue weighted by atomic mass is 9.95. The fraction of sp³-hybridized carbons (Fsp3) is 0.348. The van der Waals surface area contributed by atoms with E-state index in [2.05, 4.69) is 4.40 Å². The number of carbonyl (C=O) groups is 2. The van der Waals surface area contributed by atoms with E-state index in [4.69, 9.17) is 10.5 Å². The third-order valence-electron chi connectivity index (χ3n) is 5.91. The first kappa shape index (κ1) is 22.8. The predicted molar refractivity (Wildman–Crippen MR) is 124 cm³/mol. The number of hydrogen-bond donors (Lipinski definition) is 1. The number of likely N-dealkylation sites (tertiary alicyclic amines) is 1. The molecule has 0 radical (unpaired) electrons. The fourth-order valence-electron chi connectivity index (χ4n) is 4.33. The number of nitrogens with two attached hydrogens (primary N) is 1. The van der Waals surface area contributed by atoms with Crippen LogP contribution in [0, 0.1) is 5.92 Å². The standard InChI is InChI=1S/C23H26N4O5S/c1-32-19-10-4-3-9-18(19)27(14-12-21(24)28)23(29)16-7-6-13-26(15-16)22-17-8-2-5-11-20(17)33(30,31)25-22/h2-5,8-11,16H,6-7,12-15H2,1H3,(H2,24,28)/t16-/m1/s1. The average Bonchev–Trinajstić information content (AvgIpc) is 3.10. The summed E-state index contributed by atoms with van der Waals surface area (Å²) < 4.78 is 34.4. The molecule has 2 N–H and O–H groups in total. The Morgan fingerprint density at radius 1 is 1.18 bits per heavy atom. The van der Waals surface area contributed by atoms with Gasteiger partial charge in [-0.05, 0) is 37.1 Å². The van der Waals surface area contributed by atoms with Crippen LogP contribution in [0.15, 0.2) is 57.8 Å². The number of sulfonamides is 1. The molecule has 2 aromatic rings. The molecule has 0 aromatic heterocycles. The highest BCUT2D eigenvalue weighted by Crippen LogP contribution is 2.33. The Hall–Kier alpha value is -3.40. The van der Waals surface area contributed by atoms with E-state index in [9.17, 15) is 18.0 Å². The summed E-state index contributed by atoms with van der Waals surface area (Å²) in [7, 11) is -2.22. The monoisotopic (exact) mass is 470 g/mol. The van der Waals surface area contributed by atoms with E-state index in [1.807, 2.05) is 4.90 Å². The molecule has 2 aliphatic heterocycles. The van der Waals surface area contributed by atoms with E-state index in [0.717, 1.165) is 0 Å². The zero-order chi connectivity index (χ0) is 23.6. The van der Waals surface area contributed by atoms with Crippen molar-refractivity contribution >= 4 is 33.4 Å². The summed E-state index contributed by atoms with van der Waals surface area (Å²) in [5.74, 6) is -0.183. The van der Waals surface area contributed by atoms with Crippen LogP contribution < -0.4 is 15.4 Å². The molecule has 0 aliphatic carbocycles. The van der Waals surface area contributed by atoms with Crippen molar-refractivity contribution in [3.05, 3.63) is 54.1 Å². The number of ether oxygens (including phenoxy) is 1. The Bertz CT molecular complexity index is 1210. The molecule has 0 spiro atoms. The SMILES string of the molecule is COc1ccccc1N(CCC(N)=O)C(=O)[C@@H]1CCCN(C2=NS(=O)(=O)c3ccccc32)C1. The maximum atomic E-state index is 13.6. The number of nitrogens with zero attached hydrogens (tertiary/aromatic N) is 3. The van der Waals surface area contributed by atoms with Crippen molar-refractivity contribution in [1.29, 1.82) is 0 Å². The van der Waals surface area contributed by atoms with Crippen LogP contribution in [0.3, 0.4) is 0 Å². The van der Waals surface area contributed by atoms with Gasteiger partial charge in [0.2, 0.25) is 11.8 Å². The molecule has 174 valence electrons. The van der Waals surface area contributed by atoms with Crippen LogP contribution in [0.25, 0.3) is 0 Å². The zero-order valence-electron chi connectivity index (χ0n) is 18.3. The van der Waals surface area contributed by atoms with Gasteiger partial charge >= 0.3 is 0 Å². The number of benzene rings is 2. The Labute approximate surface area is 192 Å². The molecule has 2 heterocycles. The van der Waals surface area contributed by atoms with Gasteiger partial charge in [0.1, 0.15) is 10.6 Å². The van der Waals surface area contributed by atoms with Gasteiger partial charge in [-0.1, -0.05) is 24.3 Å². The lowest BCUT2D eigenvalue weighted by Crippen LogP contribution is -2.47. The maximum Gasteiger partial charge on any atom is 0.285 e. The summed E-state index contributed by atoms with van der Waals surface area (Å²) in [6.07, 6.45) is 1.35. The third-order valence-corrected chi connectivity index (χ3v) is 7.23. The number of amidine groups is 1. The summed E-state index contributed by atoms with van der Waals surface area (Å²) in [6.45, 7) is 1.05. The topological polar surface area (TPSA) is 122 Å². The minimum atomic E-state index is -3.75. The molecule has 33 heavy (non-hydrogen) atoms. The van der Waals surface area contributed by atoms with Crippen LogP contribution in [-0.2, 0) is 19.6 Å². The fourth-order valence-corrected chi connectivity index (χ4v) is 5.56. The second-order valence-corrected chi connectivity index (χ2v) is 9.62. The van der Waals surface area contributed by atoms with Gasteiger partial charge in [-0.25, -0.2) is 0 Å². The Balaban J connectivity index is 1.61. The van der Waals surface area contributed by atoms with Crippen LogP contribution in [0.1, 0.15) is 24.8 Å².